The van der Waals surface area contributed by atoms with Crippen LogP contribution in [0.5, 0.6) is 5.75 Å². The van der Waals surface area contributed by atoms with Crippen molar-refractivity contribution in [2.75, 3.05) is 37.3 Å². The smallest absolute Gasteiger partial charge is 0.169 e. The maximum atomic E-state index is 5.99. The molecule has 0 unspecified atom stereocenters. The third kappa shape index (κ3) is 4.70. The lowest BCUT2D eigenvalue weighted by Gasteiger charge is -2.26. The minimum absolute atomic E-state index is 0.403. The van der Waals surface area contributed by atoms with E-state index in [0.717, 1.165) is 23.3 Å². The predicted molar refractivity (Wildman–Crippen MR) is 114 cm³/mol. The van der Waals surface area contributed by atoms with Crippen LogP contribution in [-0.2, 0) is 6.54 Å². The van der Waals surface area contributed by atoms with Gasteiger partial charge in [-0.1, -0.05) is 30.7 Å². The molecular weight excluding hydrogens is 350 g/mol. The van der Waals surface area contributed by atoms with E-state index in [0.29, 0.717) is 24.8 Å². The molecule has 1 aliphatic heterocycles. The van der Waals surface area contributed by atoms with Crippen molar-refractivity contribution < 1.29 is 4.74 Å². The van der Waals surface area contributed by atoms with Gasteiger partial charge in [0, 0.05) is 6.54 Å². The number of ether oxygens (including phenoxy) is 1. The fourth-order valence-electron chi connectivity index (χ4n) is 3.55. The summed E-state index contributed by atoms with van der Waals surface area (Å²) in [7, 11) is 0. The number of likely N-dealkylation sites (tertiary alicyclic amines) is 1. The highest BCUT2D eigenvalue weighted by molar-refractivity contribution is 5.79. The maximum Gasteiger partial charge on any atom is 0.169 e. The zero-order chi connectivity index (χ0) is 19.2. The number of anilines is 2. The first-order valence-corrected chi connectivity index (χ1v) is 9.98. The Bertz CT molecular complexity index is 906. The first kappa shape index (κ1) is 18.5. The summed E-state index contributed by atoms with van der Waals surface area (Å²) in [6.45, 7) is 4.59. The van der Waals surface area contributed by atoms with Gasteiger partial charge in [-0.2, -0.15) is 0 Å². The van der Waals surface area contributed by atoms with E-state index in [9.17, 15) is 0 Å². The SMILES string of the molecule is Nc1nc2ccccc2nc1NCCOc1ccc(CN2CCCCC2)cc1. The van der Waals surface area contributed by atoms with E-state index in [4.69, 9.17) is 10.5 Å². The van der Waals surface area contributed by atoms with Crippen molar-refractivity contribution in [1.82, 2.24) is 14.9 Å². The standard InChI is InChI=1S/C22H27N5O/c23-21-22(26-20-7-3-2-6-19(20)25-21)24-12-15-28-18-10-8-17(9-11-18)16-27-13-4-1-5-14-27/h2-3,6-11H,1,4-5,12-16H2,(H2,23,25)(H,24,26). The Kier molecular flexibility index (Phi) is 5.87. The van der Waals surface area contributed by atoms with Crippen molar-refractivity contribution in [3.05, 3.63) is 54.1 Å². The summed E-state index contributed by atoms with van der Waals surface area (Å²) in [5, 5.41) is 3.21. The van der Waals surface area contributed by atoms with Gasteiger partial charge in [-0.15, -0.1) is 0 Å². The molecule has 1 fully saturated rings. The van der Waals surface area contributed by atoms with Crippen molar-refractivity contribution in [2.45, 2.75) is 25.8 Å². The van der Waals surface area contributed by atoms with Gasteiger partial charge in [-0.05, 0) is 55.8 Å². The molecule has 0 amide bonds. The van der Waals surface area contributed by atoms with Crippen molar-refractivity contribution in [3.63, 3.8) is 0 Å². The monoisotopic (exact) mass is 377 g/mol. The Hall–Kier alpha value is -2.86. The van der Waals surface area contributed by atoms with Gasteiger partial charge in [-0.25, -0.2) is 9.97 Å². The van der Waals surface area contributed by atoms with Crippen molar-refractivity contribution in [1.29, 1.82) is 0 Å². The van der Waals surface area contributed by atoms with Crippen LogP contribution in [0.3, 0.4) is 0 Å². The molecule has 1 saturated heterocycles. The van der Waals surface area contributed by atoms with Crippen LogP contribution in [0.4, 0.5) is 11.6 Å². The molecule has 28 heavy (non-hydrogen) atoms. The summed E-state index contributed by atoms with van der Waals surface area (Å²) in [5.74, 6) is 1.88. The van der Waals surface area contributed by atoms with Gasteiger partial charge < -0.3 is 15.8 Å². The minimum atomic E-state index is 0.403. The van der Waals surface area contributed by atoms with Crippen LogP contribution >= 0.6 is 0 Å². The number of fused-ring (bicyclic) bond motifs is 1. The molecule has 6 heteroatoms. The van der Waals surface area contributed by atoms with Crippen LogP contribution in [0.1, 0.15) is 24.8 Å². The lowest BCUT2D eigenvalue weighted by Crippen LogP contribution is -2.29. The molecule has 6 nitrogen and oxygen atoms in total. The van der Waals surface area contributed by atoms with Gasteiger partial charge in [-0.3, -0.25) is 4.90 Å². The minimum Gasteiger partial charge on any atom is -0.492 e. The summed E-state index contributed by atoms with van der Waals surface area (Å²) in [6, 6.07) is 16.1. The van der Waals surface area contributed by atoms with E-state index in [1.165, 1.54) is 37.9 Å². The van der Waals surface area contributed by atoms with E-state index >= 15 is 0 Å². The number of para-hydroxylation sites is 2. The Morgan fingerprint density at radius 1 is 0.929 bits per heavy atom. The second-order valence-electron chi connectivity index (χ2n) is 7.20. The topological polar surface area (TPSA) is 76.3 Å². The summed E-state index contributed by atoms with van der Waals surface area (Å²) < 4.78 is 5.83. The quantitative estimate of drug-likeness (QED) is 0.612. The first-order valence-electron chi connectivity index (χ1n) is 9.98. The number of hydrogen-bond donors (Lipinski definition) is 2. The molecule has 2 heterocycles. The predicted octanol–water partition coefficient (Wildman–Crippen LogP) is 3.69. The van der Waals surface area contributed by atoms with Crippen LogP contribution in [0.15, 0.2) is 48.5 Å². The Morgan fingerprint density at radius 2 is 1.64 bits per heavy atom. The summed E-state index contributed by atoms with van der Waals surface area (Å²) in [5.41, 5.74) is 8.95. The number of hydrogen-bond acceptors (Lipinski definition) is 6. The van der Waals surface area contributed by atoms with Crippen LogP contribution in [-0.4, -0.2) is 41.1 Å². The molecular formula is C22H27N5O. The number of nitrogens with one attached hydrogen (secondary N) is 1. The summed E-state index contributed by atoms with van der Waals surface area (Å²) >= 11 is 0. The number of benzene rings is 2. The number of nitrogens with two attached hydrogens (primary N) is 1. The third-order valence-corrected chi connectivity index (χ3v) is 5.04. The van der Waals surface area contributed by atoms with Crippen LogP contribution in [0, 0.1) is 0 Å². The van der Waals surface area contributed by atoms with Gasteiger partial charge in [0.05, 0.1) is 17.6 Å². The highest BCUT2D eigenvalue weighted by Gasteiger charge is 2.10. The fourth-order valence-corrected chi connectivity index (χ4v) is 3.55. The normalized spacial score (nSPS) is 14.9. The molecule has 0 saturated carbocycles. The molecule has 2 aromatic carbocycles. The first-order chi connectivity index (χ1) is 13.8. The molecule has 0 spiro atoms. The number of rotatable bonds is 7. The number of aromatic nitrogens is 2. The third-order valence-electron chi connectivity index (χ3n) is 5.04. The highest BCUT2D eigenvalue weighted by Crippen LogP contribution is 2.19. The van der Waals surface area contributed by atoms with E-state index in [2.05, 4.69) is 32.3 Å². The molecule has 1 aliphatic rings. The summed E-state index contributed by atoms with van der Waals surface area (Å²) in [6.07, 6.45) is 4.01. The Balaban J connectivity index is 1.25. The van der Waals surface area contributed by atoms with Crippen molar-refractivity contribution in [2.24, 2.45) is 0 Å². The van der Waals surface area contributed by atoms with E-state index < -0.39 is 0 Å². The fraction of sp³-hybridized carbons (Fsp3) is 0.364. The second kappa shape index (κ2) is 8.89. The van der Waals surface area contributed by atoms with Gasteiger partial charge in [0.1, 0.15) is 12.4 Å². The van der Waals surface area contributed by atoms with Gasteiger partial charge in [0.25, 0.3) is 0 Å². The van der Waals surface area contributed by atoms with Crippen LogP contribution in [0.25, 0.3) is 11.0 Å². The average Bonchev–Trinajstić information content (AvgIpc) is 2.73. The molecule has 0 atom stereocenters. The van der Waals surface area contributed by atoms with E-state index in [-0.39, 0.29) is 0 Å². The zero-order valence-electron chi connectivity index (χ0n) is 16.1. The lowest BCUT2D eigenvalue weighted by atomic mass is 10.1. The largest absolute Gasteiger partial charge is 0.492 e. The average molecular weight is 377 g/mol. The van der Waals surface area contributed by atoms with Crippen molar-refractivity contribution in [3.8, 4) is 5.75 Å². The number of nitrogens with zero attached hydrogens (tertiary/aromatic N) is 3. The van der Waals surface area contributed by atoms with Crippen molar-refractivity contribution >= 4 is 22.7 Å². The highest BCUT2D eigenvalue weighted by atomic mass is 16.5. The second-order valence-corrected chi connectivity index (χ2v) is 7.20. The molecule has 0 radical (unpaired) electrons. The van der Waals surface area contributed by atoms with Gasteiger partial charge in [0.2, 0.25) is 0 Å². The Labute approximate surface area is 165 Å². The number of nitrogen functional groups attached to an aromatic ring is 1. The van der Waals surface area contributed by atoms with E-state index in [1.807, 2.05) is 36.4 Å². The molecule has 4 rings (SSSR count). The maximum absolute atomic E-state index is 5.99. The zero-order valence-corrected chi connectivity index (χ0v) is 16.1. The summed E-state index contributed by atoms with van der Waals surface area (Å²) in [4.78, 5) is 11.4. The molecule has 146 valence electrons. The molecule has 1 aromatic heterocycles. The van der Waals surface area contributed by atoms with Gasteiger partial charge in [0.15, 0.2) is 11.6 Å². The van der Waals surface area contributed by atoms with Gasteiger partial charge >= 0.3 is 0 Å². The Morgan fingerprint density at radius 3 is 2.39 bits per heavy atom. The number of piperidine rings is 1. The van der Waals surface area contributed by atoms with Crippen LogP contribution < -0.4 is 15.8 Å². The molecule has 3 aromatic rings. The molecule has 0 aliphatic carbocycles. The molecule has 3 N–H and O–H groups in total. The lowest BCUT2D eigenvalue weighted by molar-refractivity contribution is 0.221. The molecule has 0 bridgehead atoms. The van der Waals surface area contributed by atoms with Crippen LogP contribution in [0.2, 0.25) is 0 Å². The van der Waals surface area contributed by atoms with E-state index in [1.54, 1.807) is 0 Å².